The normalized spacial score (nSPS) is 14.7. The maximum absolute atomic E-state index is 13.8. The number of hydrogen-bond acceptors (Lipinski definition) is 4. The molecule has 0 bridgehead atoms. The summed E-state index contributed by atoms with van der Waals surface area (Å²) in [5, 5.41) is 18.5. The Morgan fingerprint density at radius 1 is 0.974 bits per heavy atom. The summed E-state index contributed by atoms with van der Waals surface area (Å²) >= 11 is 0. The number of phenolic OH excluding ortho intramolecular Hbond substituents is 1. The van der Waals surface area contributed by atoms with E-state index in [-0.39, 0.29) is 17.7 Å². The molecule has 1 aromatic heterocycles. The molecule has 5 rings (SSSR count). The van der Waals surface area contributed by atoms with Gasteiger partial charge in [-0.2, -0.15) is 5.10 Å². The van der Waals surface area contributed by atoms with Gasteiger partial charge >= 0.3 is 0 Å². The Morgan fingerprint density at radius 2 is 1.71 bits per heavy atom. The van der Waals surface area contributed by atoms with Gasteiger partial charge in [0.2, 0.25) is 0 Å². The van der Waals surface area contributed by atoms with Gasteiger partial charge in [-0.1, -0.05) is 67.8 Å². The third-order valence-electron chi connectivity index (χ3n) is 7.25. The number of fused-ring (bicyclic) bond motifs is 1. The van der Waals surface area contributed by atoms with Gasteiger partial charge in [-0.05, 0) is 67.6 Å². The molecule has 1 atom stereocenters. The topological polar surface area (TPSA) is 78.5 Å². The second kappa shape index (κ2) is 10.7. The lowest BCUT2D eigenvalue weighted by Gasteiger charge is -2.27. The van der Waals surface area contributed by atoms with Crippen LogP contribution in [0.2, 0.25) is 0 Å². The molecule has 6 nitrogen and oxygen atoms in total. The number of aromatic nitrogens is 2. The second-order valence-electron chi connectivity index (χ2n) is 10.3. The molecule has 4 aromatic rings. The number of aromatic hydroxyl groups is 1. The number of H-pyrrole nitrogens is 1. The molecule has 1 aliphatic heterocycles. The maximum atomic E-state index is 13.8. The van der Waals surface area contributed by atoms with E-state index in [9.17, 15) is 9.90 Å². The van der Waals surface area contributed by atoms with Gasteiger partial charge in [0.05, 0.1) is 12.6 Å². The minimum Gasteiger partial charge on any atom is -0.507 e. The Kier molecular flexibility index (Phi) is 7.23. The highest BCUT2D eigenvalue weighted by molar-refractivity contribution is 6.00. The first-order valence-electron chi connectivity index (χ1n) is 13.4. The van der Waals surface area contributed by atoms with Crippen LogP contribution in [0.1, 0.15) is 76.1 Å². The van der Waals surface area contributed by atoms with Crippen LogP contribution in [0.3, 0.4) is 0 Å². The van der Waals surface area contributed by atoms with Crippen LogP contribution < -0.4 is 4.74 Å². The van der Waals surface area contributed by atoms with Crippen LogP contribution in [0.15, 0.2) is 60.7 Å². The van der Waals surface area contributed by atoms with Crippen LogP contribution in [0, 0.1) is 20.8 Å². The number of hydrogen-bond donors (Lipinski definition) is 2. The van der Waals surface area contributed by atoms with E-state index in [0.717, 1.165) is 52.8 Å². The fraction of sp³-hybridized carbons (Fsp3) is 0.312. The standard InChI is InChI=1S/C32H35N3O3/c1-5-6-7-16-38-25-14-12-24(13-15-25)31-28-29(27-22(4)17-21(3)18-26(27)36)33-34-30(28)32(37)35(31)19-23-10-8-20(2)9-11-23/h8-15,17-18,31,36H,5-7,16,19H2,1-4H3,(H,33,34). The van der Waals surface area contributed by atoms with E-state index in [1.54, 1.807) is 6.07 Å². The molecule has 2 heterocycles. The van der Waals surface area contributed by atoms with Crippen LogP contribution in [0.4, 0.5) is 0 Å². The SMILES string of the molecule is CCCCCOc1ccc(C2c3c(-c4c(C)cc(C)cc4O)n[nH]c3C(=O)N2Cc2ccc(C)cc2)cc1. The second-order valence-corrected chi connectivity index (χ2v) is 10.3. The molecule has 0 fully saturated rings. The lowest BCUT2D eigenvalue weighted by molar-refractivity contribution is 0.0730. The van der Waals surface area contributed by atoms with Crippen molar-refractivity contribution < 1.29 is 14.6 Å². The number of ether oxygens (including phenoxy) is 1. The summed E-state index contributed by atoms with van der Waals surface area (Å²) in [6, 6.07) is 19.7. The average Bonchev–Trinajstić information content (AvgIpc) is 3.42. The van der Waals surface area contributed by atoms with E-state index in [1.807, 2.05) is 49.1 Å². The van der Waals surface area contributed by atoms with Crippen molar-refractivity contribution in [2.75, 3.05) is 6.61 Å². The molecule has 0 aliphatic carbocycles. The van der Waals surface area contributed by atoms with Crippen molar-refractivity contribution in [2.45, 2.75) is 59.5 Å². The van der Waals surface area contributed by atoms with Gasteiger partial charge in [0.1, 0.15) is 22.9 Å². The monoisotopic (exact) mass is 509 g/mol. The number of aryl methyl sites for hydroxylation is 3. The van der Waals surface area contributed by atoms with Crippen LogP contribution in [0.5, 0.6) is 11.5 Å². The highest BCUT2D eigenvalue weighted by atomic mass is 16.5. The first kappa shape index (κ1) is 25.6. The van der Waals surface area contributed by atoms with Crippen molar-refractivity contribution in [3.63, 3.8) is 0 Å². The van der Waals surface area contributed by atoms with Crippen molar-refractivity contribution in [3.8, 4) is 22.8 Å². The molecule has 1 aliphatic rings. The van der Waals surface area contributed by atoms with Gasteiger partial charge in [-0.25, -0.2) is 0 Å². The highest BCUT2D eigenvalue weighted by Crippen LogP contribution is 2.46. The number of benzene rings is 3. The first-order chi connectivity index (χ1) is 18.4. The predicted octanol–water partition coefficient (Wildman–Crippen LogP) is 7.02. The van der Waals surface area contributed by atoms with Crippen LogP contribution >= 0.6 is 0 Å². The summed E-state index contributed by atoms with van der Waals surface area (Å²) in [6.07, 6.45) is 3.33. The smallest absolute Gasteiger partial charge is 0.273 e. The summed E-state index contributed by atoms with van der Waals surface area (Å²) in [5.74, 6) is 0.878. The summed E-state index contributed by atoms with van der Waals surface area (Å²) in [5.41, 5.74) is 7.61. The summed E-state index contributed by atoms with van der Waals surface area (Å²) in [6.45, 7) is 9.29. The zero-order valence-electron chi connectivity index (χ0n) is 22.5. The van der Waals surface area contributed by atoms with E-state index in [0.29, 0.717) is 30.1 Å². The van der Waals surface area contributed by atoms with Crippen molar-refractivity contribution >= 4 is 5.91 Å². The van der Waals surface area contributed by atoms with E-state index < -0.39 is 0 Å². The van der Waals surface area contributed by atoms with Crippen molar-refractivity contribution in [2.24, 2.45) is 0 Å². The molecule has 0 spiro atoms. The lowest BCUT2D eigenvalue weighted by atomic mass is 9.93. The van der Waals surface area contributed by atoms with Crippen molar-refractivity contribution in [1.29, 1.82) is 0 Å². The molecule has 3 aromatic carbocycles. The molecular formula is C32H35N3O3. The molecule has 1 unspecified atom stereocenters. The van der Waals surface area contributed by atoms with Crippen molar-refractivity contribution in [3.05, 3.63) is 99.7 Å². The summed E-state index contributed by atoms with van der Waals surface area (Å²) in [7, 11) is 0. The number of nitrogens with one attached hydrogen (secondary N) is 1. The summed E-state index contributed by atoms with van der Waals surface area (Å²) in [4.78, 5) is 15.6. The molecule has 0 saturated heterocycles. The quantitative estimate of drug-likeness (QED) is 0.238. The number of rotatable bonds is 9. The molecule has 196 valence electrons. The van der Waals surface area contributed by atoms with E-state index >= 15 is 0 Å². The lowest BCUT2D eigenvalue weighted by Crippen LogP contribution is -2.29. The van der Waals surface area contributed by atoms with Gasteiger partial charge in [0.25, 0.3) is 5.91 Å². The molecule has 1 amide bonds. The van der Waals surface area contributed by atoms with Crippen molar-refractivity contribution in [1.82, 2.24) is 15.1 Å². The number of nitrogens with zero attached hydrogens (tertiary/aromatic N) is 2. The van der Waals surface area contributed by atoms with Gasteiger partial charge in [0.15, 0.2) is 0 Å². The largest absolute Gasteiger partial charge is 0.507 e. The third-order valence-corrected chi connectivity index (χ3v) is 7.25. The van der Waals surface area contributed by atoms with Gasteiger partial charge in [-0.3, -0.25) is 9.89 Å². The van der Waals surface area contributed by atoms with E-state index in [1.165, 1.54) is 5.56 Å². The molecule has 38 heavy (non-hydrogen) atoms. The Labute approximate surface area is 224 Å². The van der Waals surface area contributed by atoms with Gasteiger partial charge in [-0.15, -0.1) is 0 Å². The minimum absolute atomic E-state index is 0.103. The number of unbranched alkanes of at least 4 members (excludes halogenated alkanes) is 2. The molecule has 0 radical (unpaired) electrons. The van der Waals surface area contributed by atoms with Gasteiger partial charge in [0, 0.05) is 17.7 Å². The molecule has 2 N–H and O–H groups in total. The number of carbonyl (C=O) groups excluding carboxylic acids is 1. The Hall–Kier alpha value is -4.06. The summed E-state index contributed by atoms with van der Waals surface area (Å²) < 4.78 is 5.94. The fourth-order valence-corrected chi connectivity index (χ4v) is 5.33. The molecule has 0 saturated carbocycles. The van der Waals surface area contributed by atoms with Crippen LogP contribution in [0.25, 0.3) is 11.3 Å². The first-order valence-corrected chi connectivity index (χ1v) is 13.4. The number of aromatic amines is 1. The van der Waals surface area contributed by atoms with E-state index in [4.69, 9.17) is 4.74 Å². The zero-order valence-corrected chi connectivity index (χ0v) is 22.5. The Balaban J connectivity index is 1.56. The number of carbonyl (C=O) groups is 1. The third kappa shape index (κ3) is 4.91. The molecule has 6 heteroatoms. The zero-order chi connectivity index (χ0) is 26.8. The maximum Gasteiger partial charge on any atom is 0.273 e. The molecular weight excluding hydrogens is 474 g/mol. The predicted molar refractivity (Wildman–Crippen MR) is 150 cm³/mol. The average molecular weight is 510 g/mol. The highest BCUT2D eigenvalue weighted by Gasteiger charge is 2.42. The fourth-order valence-electron chi connectivity index (χ4n) is 5.33. The Morgan fingerprint density at radius 3 is 2.39 bits per heavy atom. The minimum atomic E-state index is -0.359. The van der Waals surface area contributed by atoms with Crippen LogP contribution in [-0.4, -0.2) is 32.7 Å². The number of amides is 1. The number of phenols is 1. The van der Waals surface area contributed by atoms with Crippen LogP contribution in [-0.2, 0) is 6.54 Å². The van der Waals surface area contributed by atoms with E-state index in [2.05, 4.69) is 48.3 Å². The van der Waals surface area contributed by atoms with Gasteiger partial charge < -0.3 is 14.7 Å². The Bertz CT molecular complexity index is 1420.